The largest absolute Gasteiger partial charge is 0.495 e. The Bertz CT molecular complexity index is 951. The number of carbonyl (C=O) groups is 1. The van der Waals surface area contributed by atoms with Gasteiger partial charge in [-0.2, -0.15) is 0 Å². The van der Waals surface area contributed by atoms with Crippen LogP contribution >= 0.6 is 0 Å². The molecule has 1 atom stereocenters. The van der Waals surface area contributed by atoms with E-state index in [-0.39, 0.29) is 22.6 Å². The van der Waals surface area contributed by atoms with E-state index in [4.69, 9.17) is 16.3 Å². The maximum Gasteiger partial charge on any atom is 0.143 e. The van der Waals surface area contributed by atoms with E-state index in [9.17, 15) is 9.00 Å². The van der Waals surface area contributed by atoms with Crippen molar-refractivity contribution in [2.45, 2.75) is 44.4 Å². The molecule has 4 N–H and O–H groups in total. The molecular formula is C24H35N3O4S. The zero-order chi connectivity index (χ0) is 24.5. The van der Waals surface area contributed by atoms with Gasteiger partial charge in [-0.1, -0.05) is 39.0 Å². The molecule has 0 aliphatic heterocycles. The van der Waals surface area contributed by atoms with Crippen molar-refractivity contribution in [2.24, 2.45) is 11.6 Å². The number of aryl methyl sites for hydroxylation is 1. The van der Waals surface area contributed by atoms with Gasteiger partial charge in [0.2, 0.25) is 0 Å². The monoisotopic (exact) mass is 461 g/mol. The smallest absolute Gasteiger partial charge is 0.143 e. The lowest BCUT2D eigenvalue weighted by Crippen LogP contribution is -2.34. The Balaban J connectivity index is 0.00000161. The van der Waals surface area contributed by atoms with Gasteiger partial charge >= 0.3 is 0 Å². The van der Waals surface area contributed by atoms with Crippen molar-refractivity contribution in [3.8, 4) is 5.75 Å². The minimum atomic E-state index is -1.67. The van der Waals surface area contributed by atoms with E-state index in [0.29, 0.717) is 22.6 Å². The number of ether oxygens (including phenoxy) is 2. The maximum atomic E-state index is 13.1. The van der Waals surface area contributed by atoms with E-state index in [2.05, 4.69) is 25.5 Å². The van der Waals surface area contributed by atoms with Crippen molar-refractivity contribution in [3.05, 3.63) is 64.3 Å². The Labute approximate surface area is 193 Å². The molecule has 0 saturated carbocycles. The Hall–Kier alpha value is -2.68. The first-order valence-corrected chi connectivity index (χ1v) is 11.2. The lowest BCUT2D eigenvalue weighted by Gasteiger charge is -2.25. The summed E-state index contributed by atoms with van der Waals surface area (Å²) in [5.41, 5.74) is 9.10. The highest BCUT2D eigenvalue weighted by Crippen LogP contribution is 2.32. The molecule has 0 bridgehead atoms. The fourth-order valence-electron chi connectivity index (χ4n) is 2.84. The number of rotatable bonds is 7. The van der Waals surface area contributed by atoms with Gasteiger partial charge in [-0.15, -0.1) is 0 Å². The molecule has 32 heavy (non-hydrogen) atoms. The predicted octanol–water partition coefficient (Wildman–Crippen LogP) is 3.77. The number of methoxy groups -OCH3 is 2. The summed E-state index contributed by atoms with van der Waals surface area (Å²) in [4.78, 5) is 11.8. The summed E-state index contributed by atoms with van der Waals surface area (Å²) in [6, 6.07) is 12.9. The molecule has 8 heteroatoms. The third kappa shape index (κ3) is 7.19. The SMILES string of the molecule is COC.COc1ccc(C)cc1N(N)/C(CC=O)=C(\N)S(=O)c1ccc(C(C)(C)C)cc1. The zero-order valence-corrected chi connectivity index (χ0v) is 20.8. The molecule has 2 rings (SSSR count). The van der Waals surface area contributed by atoms with Crippen LogP contribution in [0.2, 0.25) is 0 Å². The number of aldehydes is 1. The number of hydrogen-bond acceptors (Lipinski definition) is 7. The van der Waals surface area contributed by atoms with Crippen LogP contribution < -0.4 is 21.3 Å². The predicted molar refractivity (Wildman–Crippen MR) is 131 cm³/mol. The van der Waals surface area contributed by atoms with Crippen molar-refractivity contribution in [1.82, 2.24) is 0 Å². The molecule has 0 aromatic heterocycles. The summed E-state index contributed by atoms with van der Waals surface area (Å²) < 4.78 is 22.7. The average Bonchev–Trinajstić information content (AvgIpc) is 2.76. The van der Waals surface area contributed by atoms with Gasteiger partial charge in [-0.05, 0) is 47.7 Å². The lowest BCUT2D eigenvalue weighted by molar-refractivity contribution is -0.107. The van der Waals surface area contributed by atoms with E-state index in [1.807, 2.05) is 31.2 Å². The number of allylic oxidation sites excluding steroid dienone is 1. The Kier molecular flexibility index (Phi) is 10.6. The second kappa shape index (κ2) is 12.4. The quantitative estimate of drug-likeness (QED) is 0.367. The number of hydrazine groups is 1. The highest BCUT2D eigenvalue weighted by Gasteiger charge is 2.21. The fraction of sp³-hybridized carbons (Fsp3) is 0.375. The first-order chi connectivity index (χ1) is 15.0. The first kappa shape index (κ1) is 27.4. The molecule has 0 heterocycles. The van der Waals surface area contributed by atoms with Gasteiger partial charge in [-0.3, -0.25) is 5.01 Å². The van der Waals surface area contributed by atoms with Crippen molar-refractivity contribution >= 4 is 22.8 Å². The van der Waals surface area contributed by atoms with Crippen LogP contribution in [-0.4, -0.2) is 31.8 Å². The molecule has 0 saturated heterocycles. The second-order valence-electron chi connectivity index (χ2n) is 8.18. The second-order valence-corrected chi connectivity index (χ2v) is 9.63. The molecule has 7 nitrogen and oxygen atoms in total. The summed E-state index contributed by atoms with van der Waals surface area (Å²) in [6.07, 6.45) is 0.607. The summed E-state index contributed by atoms with van der Waals surface area (Å²) in [7, 11) is 3.11. The number of nitrogens with zero attached hydrogens (tertiary/aromatic N) is 1. The molecule has 0 aliphatic rings. The van der Waals surface area contributed by atoms with Crippen LogP contribution in [-0.2, 0) is 25.7 Å². The van der Waals surface area contributed by atoms with E-state index in [0.717, 1.165) is 11.1 Å². The van der Waals surface area contributed by atoms with Crippen LogP contribution in [0.3, 0.4) is 0 Å². The van der Waals surface area contributed by atoms with Gasteiger partial charge in [0.25, 0.3) is 0 Å². The zero-order valence-electron chi connectivity index (χ0n) is 20.0. The topological polar surface area (TPSA) is 108 Å². The molecule has 2 aromatic rings. The summed E-state index contributed by atoms with van der Waals surface area (Å²) >= 11 is 0. The van der Waals surface area contributed by atoms with E-state index in [1.54, 1.807) is 32.4 Å². The molecule has 0 radical (unpaired) electrons. The number of anilines is 1. The van der Waals surface area contributed by atoms with Crippen molar-refractivity contribution in [1.29, 1.82) is 0 Å². The fourth-order valence-corrected chi connectivity index (χ4v) is 3.88. The van der Waals surface area contributed by atoms with Gasteiger partial charge in [0.05, 0.1) is 18.5 Å². The lowest BCUT2D eigenvalue weighted by atomic mass is 9.87. The highest BCUT2D eigenvalue weighted by molar-refractivity contribution is 7.89. The number of nitrogens with two attached hydrogens (primary N) is 2. The number of benzene rings is 2. The van der Waals surface area contributed by atoms with Gasteiger partial charge < -0.3 is 20.0 Å². The molecule has 0 amide bonds. The summed E-state index contributed by atoms with van der Waals surface area (Å²) in [5, 5.41) is 1.31. The van der Waals surface area contributed by atoms with Gasteiger partial charge in [0.1, 0.15) is 27.9 Å². The Morgan fingerprint density at radius 2 is 1.66 bits per heavy atom. The molecule has 0 aliphatic carbocycles. The average molecular weight is 462 g/mol. The Morgan fingerprint density at radius 3 is 2.12 bits per heavy atom. The molecule has 0 spiro atoms. The van der Waals surface area contributed by atoms with Crippen LogP contribution in [0.15, 0.2) is 58.1 Å². The molecule has 2 aromatic carbocycles. The number of hydrogen-bond donors (Lipinski definition) is 2. The standard InChI is InChI=1S/C22H29N3O3S.C2H6O/c1-15-6-11-20(28-5)19(14-15)25(24)18(12-13-26)21(23)29(27)17-9-7-16(8-10-17)22(2,3)4;1-3-2/h6-11,13-14H,12,23-24H2,1-5H3;1-2H3/b21-18+;. The van der Waals surface area contributed by atoms with Crippen LogP contribution in [0.5, 0.6) is 5.75 Å². The van der Waals surface area contributed by atoms with Gasteiger partial charge in [0.15, 0.2) is 0 Å². The molecule has 1 unspecified atom stereocenters. The van der Waals surface area contributed by atoms with E-state index in [1.165, 1.54) is 12.1 Å². The molecule has 176 valence electrons. The minimum absolute atomic E-state index is 0.0140. The van der Waals surface area contributed by atoms with Gasteiger partial charge in [0, 0.05) is 25.5 Å². The van der Waals surface area contributed by atoms with Crippen LogP contribution in [0.4, 0.5) is 5.69 Å². The molecule has 0 fully saturated rings. The van der Waals surface area contributed by atoms with Crippen molar-refractivity contribution < 1.29 is 18.5 Å². The molecular weight excluding hydrogens is 426 g/mol. The van der Waals surface area contributed by atoms with Crippen LogP contribution in [0.25, 0.3) is 0 Å². The van der Waals surface area contributed by atoms with E-state index >= 15 is 0 Å². The normalized spacial score (nSPS) is 12.8. The summed E-state index contributed by atoms with van der Waals surface area (Å²) in [6.45, 7) is 8.24. The minimum Gasteiger partial charge on any atom is -0.495 e. The first-order valence-electron chi connectivity index (χ1n) is 10.1. The summed E-state index contributed by atoms with van der Waals surface area (Å²) in [5.74, 6) is 6.81. The Morgan fingerprint density at radius 1 is 1.09 bits per heavy atom. The van der Waals surface area contributed by atoms with Crippen molar-refractivity contribution in [2.75, 3.05) is 26.3 Å². The number of carbonyl (C=O) groups excluding carboxylic acids is 1. The highest BCUT2D eigenvalue weighted by atomic mass is 32.2. The van der Waals surface area contributed by atoms with E-state index < -0.39 is 10.8 Å². The third-order valence-corrected chi connectivity index (χ3v) is 5.92. The maximum absolute atomic E-state index is 13.1. The van der Waals surface area contributed by atoms with Gasteiger partial charge in [-0.25, -0.2) is 10.1 Å². The third-order valence-electron chi connectivity index (χ3n) is 4.58. The van der Waals surface area contributed by atoms with Crippen molar-refractivity contribution in [3.63, 3.8) is 0 Å². The van der Waals surface area contributed by atoms with Crippen LogP contribution in [0.1, 0.15) is 38.3 Å². The van der Waals surface area contributed by atoms with Crippen LogP contribution in [0, 0.1) is 6.92 Å².